The summed E-state index contributed by atoms with van der Waals surface area (Å²) < 4.78 is 5.86. The third kappa shape index (κ3) is 2.37. The summed E-state index contributed by atoms with van der Waals surface area (Å²) in [5, 5.41) is 3.65. The van der Waals surface area contributed by atoms with Crippen molar-refractivity contribution in [2.45, 2.75) is 44.8 Å². The third-order valence-corrected chi connectivity index (χ3v) is 4.41. The summed E-state index contributed by atoms with van der Waals surface area (Å²) in [6, 6.07) is 9.50. The van der Waals surface area contributed by atoms with Gasteiger partial charge in [0, 0.05) is 30.2 Å². The summed E-state index contributed by atoms with van der Waals surface area (Å²) in [7, 11) is 0. The summed E-state index contributed by atoms with van der Waals surface area (Å²) in [5.41, 5.74) is 1.54. The zero-order chi connectivity index (χ0) is 13.5. The van der Waals surface area contributed by atoms with Gasteiger partial charge in [-0.25, -0.2) is 0 Å². The Balaban J connectivity index is 1.88. The maximum Gasteiger partial charge on any atom is 0.124 e. The van der Waals surface area contributed by atoms with E-state index in [-0.39, 0.29) is 5.54 Å². The minimum Gasteiger partial charge on any atom is -0.491 e. The van der Waals surface area contributed by atoms with Gasteiger partial charge in [0.1, 0.15) is 12.4 Å². The SMILES string of the molecule is CCC1CNC(C)(C)CN1C1COc2ccccc21. The molecule has 2 atom stereocenters. The highest BCUT2D eigenvalue weighted by Gasteiger charge is 2.39. The van der Waals surface area contributed by atoms with E-state index < -0.39 is 0 Å². The minimum absolute atomic E-state index is 0.184. The molecule has 2 heterocycles. The van der Waals surface area contributed by atoms with E-state index in [1.54, 1.807) is 0 Å². The molecule has 104 valence electrons. The number of hydrogen-bond acceptors (Lipinski definition) is 3. The van der Waals surface area contributed by atoms with E-state index in [9.17, 15) is 0 Å². The Morgan fingerprint density at radius 1 is 1.37 bits per heavy atom. The lowest BCUT2D eigenvalue weighted by Gasteiger charge is -2.46. The lowest BCUT2D eigenvalue weighted by Crippen LogP contribution is -2.62. The van der Waals surface area contributed by atoms with Crippen LogP contribution in [-0.2, 0) is 0 Å². The van der Waals surface area contributed by atoms with Crippen LogP contribution in [0.2, 0.25) is 0 Å². The van der Waals surface area contributed by atoms with Gasteiger partial charge in [0.2, 0.25) is 0 Å². The largest absolute Gasteiger partial charge is 0.491 e. The number of rotatable bonds is 2. The average Bonchev–Trinajstić information content (AvgIpc) is 2.81. The van der Waals surface area contributed by atoms with Crippen molar-refractivity contribution < 1.29 is 4.74 Å². The fourth-order valence-corrected chi connectivity index (χ4v) is 3.32. The molecular weight excluding hydrogens is 236 g/mol. The molecule has 3 nitrogen and oxygen atoms in total. The average molecular weight is 260 g/mol. The van der Waals surface area contributed by atoms with E-state index in [0.717, 1.165) is 25.4 Å². The molecule has 2 aliphatic heterocycles. The molecule has 3 heteroatoms. The Bertz CT molecular complexity index is 458. The number of nitrogens with one attached hydrogen (secondary N) is 1. The van der Waals surface area contributed by atoms with Crippen molar-refractivity contribution in [1.82, 2.24) is 10.2 Å². The molecule has 0 aromatic heterocycles. The fraction of sp³-hybridized carbons (Fsp3) is 0.625. The van der Waals surface area contributed by atoms with Gasteiger partial charge in [-0.3, -0.25) is 4.90 Å². The first-order chi connectivity index (χ1) is 9.11. The monoisotopic (exact) mass is 260 g/mol. The van der Waals surface area contributed by atoms with Gasteiger partial charge >= 0.3 is 0 Å². The van der Waals surface area contributed by atoms with Crippen LogP contribution in [0.15, 0.2) is 24.3 Å². The Morgan fingerprint density at radius 2 is 2.16 bits per heavy atom. The smallest absolute Gasteiger partial charge is 0.124 e. The Hall–Kier alpha value is -1.06. The molecule has 3 rings (SSSR count). The van der Waals surface area contributed by atoms with Crippen molar-refractivity contribution in [3.05, 3.63) is 29.8 Å². The quantitative estimate of drug-likeness (QED) is 0.884. The highest BCUT2D eigenvalue weighted by molar-refractivity contribution is 5.39. The topological polar surface area (TPSA) is 24.5 Å². The predicted octanol–water partition coefficient (Wildman–Crippen LogP) is 2.58. The normalized spacial score (nSPS) is 29.8. The zero-order valence-corrected chi connectivity index (χ0v) is 12.1. The number of para-hydroxylation sites is 1. The van der Waals surface area contributed by atoms with Crippen LogP contribution in [0.25, 0.3) is 0 Å². The Morgan fingerprint density at radius 3 is 2.95 bits per heavy atom. The molecule has 2 unspecified atom stereocenters. The molecule has 0 radical (unpaired) electrons. The molecule has 19 heavy (non-hydrogen) atoms. The maximum absolute atomic E-state index is 5.86. The molecule has 1 saturated heterocycles. The lowest BCUT2D eigenvalue weighted by molar-refractivity contribution is 0.0424. The summed E-state index contributed by atoms with van der Waals surface area (Å²) in [5.74, 6) is 1.07. The van der Waals surface area contributed by atoms with Crippen LogP contribution in [0.1, 0.15) is 38.8 Å². The van der Waals surface area contributed by atoms with E-state index in [2.05, 4.69) is 55.3 Å². The van der Waals surface area contributed by atoms with E-state index in [4.69, 9.17) is 4.74 Å². The Kier molecular flexibility index (Phi) is 3.27. The van der Waals surface area contributed by atoms with Gasteiger partial charge in [0.15, 0.2) is 0 Å². The standard InChI is InChI=1S/C16H24N2O/c1-4-12-9-17-16(2,3)11-18(12)14-10-19-15-8-6-5-7-13(14)15/h5-8,12,14,17H,4,9-11H2,1-3H3. The second-order valence-corrected chi connectivity index (χ2v) is 6.36. The molecule has 0 saturated carbocycles. The van der Waals surface area contributed by atoms with Gasteiger partial charge in [-0.2, -0.15) is 0 Å². The summed E-state index contributed by atoms with van der Waals surface area (Å²) >= 11 is 0. The first-order valence-electron chi connectivity index (χ1n) is 7.33. The maximum atomic E-state index is 5.86. The molecule has 1 fully saturated rings. The van der Waals surface area contributed by atoms with Crippen molar-refractivity contribution in [2.24, 2.45) is 0 Å². The first-order valence-corrected chi connectivity index (χ1v) is 7.33. The number of piperazine rings is 1. The molecular formula is C16H24N2O. The minimum atomic E-state index is 0.184. The summed E-state index contributed by atoms with van der Waals surface area (Å²) in [4.78, 5) is 2.64. The number of hydrogen-bond donors (Lipinski definition) is 1. The Labute approximate surface area is 115 Å². The van der Waals surface area contributed by atoms with Gasteiger partial charge < -0.3 is 10.1 Å². The highest BCUT2D eigenvalue weighted by Crippen LogP contribution is 2.38. The number of fused-ring (bicyclic) bond motifs is 1. The summed E-state index contributed by atoms with van der Waals surface area (Å²) in [6.45, 7) is 9.79. The molecule has 0 amide bonds. The van der Waals surface area contributed by atoms with Crippen molar-refractivity contribution in [1.29, 1.82) is 0 Å². The first kappa shape index (κ1) is 12.9. The van der Waals surface area contributed by atoms with Gasteiger partial charge in [-0.05, 0) is 26.3 Å². The van der Waals surface area contributed by atoms with Crippen LogP contribution in [0.4, 0.5) is 0 Å². The van der Waals surface area contributed by atoms with Gasteiger partial charge in [0.05, 0.1) is 6.04 Å². The predicted molar refractivity (Wildman–Crippen MR) is 77.5 cm³/mol. The molecule has 1 aromatic carbocycles. The third-order valence-electron chi connectivity index (χ3n) is 4.41. The van der Waals surface area contributed by atoms with Crippen molar-refractivity contribution in [3.63, 3.8) is 0 Å². The molecule has 0 bridgehead atoms. The van der Waals surface area contributed by atoms with E-state index in [1.807, 2.05) is 0 Å². The van der Waals surface area contributed by atoms with Crippen LogP contribution >= 0.6 is 0 Å². The number of ether oxygens (including phenoxy) is 1. The van der Waals surface area contributed by atoms with E-state index in [1.165, 1.54) is 12.0 Å². The van der Waals surface area contributed by atoms with Crippen molar-refractivity contribution in [2.75, 3.05) is 19.7 Å². The number of nitrogens with zero attached hydrogens (tertiary/aromatic N) is 1. The molecule has 0 spiro atoms. The second kappa shape index (κ2) is 4.80. The van der Waals surface area contributed by atoms with Crippen molar-refractivity contribution in [3.8, 4) is 5.75 Å². The van der Waals surface area contributed by atoms with E-state index >= 15 is 0 Å². The van der Waals surface area contributed by atoms with E-state index in [0.29, 0.717) is 12.1 Å². The molecule has 1 aromatic rings. The van der Waals surface area contributed by atoms with Crippen LogP contribution < -0.4 is 10.1 Å². The number of benzene rings is 1. The molecule has 1 N–H and O–H groups in total. The van der Waals surface area contributed by atoms with Crippen LogP contribution in [0, 0.1) is 0 Å². The van der Waals surface area contributed by atoms with Crippen LogP contribution in [0.5, 0.6) is 5.75 Å². The van der Waals surface area contributed by atoms with Gasteiger partial charge in [0.25, 0.3) is 0 Å². The zero-order valence-electron chi connectivity index (χ0n) is 12.1. The molecule has 2 aliphatic rings. The summed E-state index contributed by atoms with van der Waals surface area (Å²) in [6.07, 6.45) is 1.18. The fourth-order valence-electron chi connectivity index (χ4n) is 3.32. The lowest BCUT2D eigenvalue weighted by atomic mass is 9.94. The van der Waals surface area contributed by atoms with Crippen LogP contribution in [-0.4, -0.2) is 36.2 Å². The second-order valence-electron chi connectivity index (χ2n) is 6.36. The van der Waals surface area contributed by atoms with Crippen molar-refractivity contribution >= 4 is 0 Å². The highest BCUT2D eigenvalue weighted by atomic mass is 16.5. The molecule has 0 aliphatic carbocycles. The van der Waals surface area contributed by atoms with Gasteiger partial charge in [-0.15, -0.1) is 0 Å². The van der Waals surface area contributed by atoms with Crippen LogP contribution in [0.3, 0.4) is 0 Å². The van der Waals surface area contributed by atoms with Gasteiger partial charge in [-0.1, -0.05) is 25.1 Å².